The van der Waals surface area contributed by atoms with Crippen LogP contribution >= 0.6 is 11.3 Å². The lowest BCUT2D eigenvalue weighted by molar-refractivity contribution is -0.147. The van der Waals surface area contributed by atoms with E-state index in [0.29, 0.717) is 13.0 Å². The molecular weight excluding hydrogens is 228 g/mol. The summed E-state index contributed by atoms with van der Waals surface area (Å²) in [5, 5.41) is 4.40. The van der Waals surface area contributed by atoms with Crippen molar-refractivity contribution in [1.82, 2.24) is 10.3 Å². The molecule has 6 heteroatoms. The molecule has 5 nitrogen and oxygen atoms in total. The molecule has 1 atom stereocenters. The van der Waals surface area contributed by atoms with Crippen LogP contribution in [0.4, 0.5) is 0 Å². The first-order valence-electron chi connectivity index (χ1n) is 4.94. The second kappa shape index (κ2) is 6.22. The van der Waals surface area contributed by atoms with Crippen molar-refractivity contribution in [1.29, 1.82) is 0 Å². The first-order valence-corrected chi connectivity index (χ1v) is 5.88. The fourth-order valence-electron chi connectivity index (χ4n) is 1.23. The highest BCUT2D eigenvalue weighted by Crippen LogP contribution is 2.05. The number of hydrogen-bond acceptors (Lipinski definition) is 5. The Morgan fingerprint density at radius 2 is 2.38 bits per heavy atom. The number of thiazole rings is 1. The third kappa shape index (κ3) is 3.98. The summed E-state index contributed by atoms with van der Waals surface area (Å²) in [5.41, 5.74) is 2.46. The van der Waals surface area contributed by atoms with Gasteiger partial charge in [-0.2, -0.15) is 0 Å². The molecular formula is C10H14N2O3S. The van der Waals surface area contributed by atoms with Gasteiger partial charge < -0.3 is 10.1 Å². The number of esters is 1. The van der Waals surface area contributed by atoms with E-state index in [0.717, 1.165) is 5.69 Å². The number of ether oxygens (including phenoxy) is 1. The summed E-state index contributed by atoms with van der Waals surface area (Å²) in [7, 11) is 0. The van der Waals surface area contributed by atoms with Crippen molar-refractivity contribution in [3.63, 3.8) is 0 Å². The molecule has 0 aliphatic carbocycles. The van der Waals surface area contributed by atoms with E-state index < -0.39 is 12.0 Å². The van der Waals surface area contributed by atoms with Crippen LogP contribution in [0.5, 0.6) is 0 Å². The third-order valence-corrected chi connectivity index (χ3v) is 2.48. The van der Waals surface area contributed by atoms with Crippen molar-refractivity contribution in [3.8, 4) is 0 Å². The average Bonchev–Trinajstić information content (AvgIpc) is 2.69. The molecule has 1 heterocycles. The number of hydrogen-bond donors (Lipinski definition) is 1. The lowest BCUT2D eigenvalue weighted by atomic mass is 10.1. The van der Waals surface area contributed by atoms with Crippen LogP contribution < -0.4 is 5.32 Å². The molecule has 0 fully saturated rings. The largest absolute Gasteiger partial charge is 0.464 e. The van der Waals surface area contributed by atoms with Gasteiger partial charge in [0.25, 0.3) is 0 Å². The Morgan fingerprint density at radius 3 is 2.88 bits per heavy atom. The SMILES string of the molecule is CCOC(=O)[C@H](Cc1cscn1)NC(C)=O. The van der Waals surface area contributed by atoms with E-state index in [1.807, 2.05) is 5.38 Å². The lowest BCUT2D eigenvalue weighted by Crippen LogP contribution is -2.42. The van der Waals surface area contributed by atoms with Gasteiger partial charge in [0, 0.05) is 18.7 Å². The van der Waals surface area contributed by atoms with Crippen LogP contribution in [0, 0.1) is 0 Å². The fraction of sp³-hybridized carbons (Fsp3) is 0.500. The Kier molecular flexibility index (Phi) is 4.91. The second-order valence-electron chi connectivity index (χ2n) is 3.19. The molecule has 1 aromatic rings. The van der Waals surface area contributed by atoms with Crippen molar-refractivity contribution in [2.75, 3.05) is 6.61 Å². The zero-order chi connectivity index (χ0) is 12.0. The number of nitrogens with zero attached hydrogens (tertiary/aromatic N) is 1. The molecule has 0 saturated heterocycles. The Bertz CT molecular complexity index is 351. The van der Waals surface area contributed by atoms with Gasteiger partial charge >= 0.3 is 5.97 Å². The molecule has 1 N–H and O–H groups in total. The van der Waals surface area contributed by atoms with E-state index in [1.54, 1.807) is 12.4 Å². The van der Waals surface area contributed by atoms with E-state index in [9.17, 15) is 9.59 Å². The van der Waals surface area contributed by atoms with Gasteiger partial charge in [-0.25, -0.2) is 9.78 Å². The average molecular weight is 242 g/mol. The fourth-order valence-corrected chi connectivity index (χ4v) is 1.80. The van der Waals surface area contributed by atoms with Gasteiger partial charge in [0.05, 0.1) is 17.8 Å². The standard InChI is InChI=1S/C10H14N2O3S/c1-3-15-10(14)9(12-7(2)13)4-8-5-16-6-11-8/h5-6,9H,3-4H2,1-2H3,(H,12,13)/t9-/m0/s1. The smallest absolute Gasteiger partial charge is 0.329 e. The highest BCUT2D eigenvalue weighted by atomic mass is 32.1. The number of amides is 1. The normalized spacial score (nSPS) is 11.9. The maximum atomic E-state index is 11.5. The van der Waals surface area contributed by atoms with Crippen LogP contribution in [0.25, 0.3) is 0 Å². The highest BCUT2D eigenvalue weighted by molar-refractivity contribution is 7.07. The molecule has 0 saturated carbocycles. The first kappa shape index (κ1) is 12.6. The van der Waals surface area contributed by atoms with Crippen molar-refractivity contribution < 1.29 is 14.3 Å². The second-order valence-corrected chi connectivity index (χ2v) is 3.91. The van der Waals surface area contributed by atoms with E-state index in [2.05, 4.69) is 10.3 Å². The highest BCUT2D eigenvalue weighted by Gasteiger charge is 2.21. The van der Waals surface area contributed by atoms with E-state index in [4.69, 9.17) is 4.74 Å². The van der Waals surface area contributed by atoms with Gasteiger partial charge in [-0.05, 0) is 6.92 Å². The number of carbonyl (C=O) groups is 2. The minimum Gasteiger partial charge on any atom is -0.464 e. The lowest BCUT2D eigenvalue weighted by Gasteiger charge is -2.14. The molecule has 0 spiro atoms. The quantitative estimate of drug-likeness (QED) is 0.774. The number of rotatable bonds is 5. The van der Waals surface area contributed by atoms with Crippen LogP contribution in [0.3, 0.4) is 0 Å². The van der Waals surface area contributed by atoms with Crippen LogP contribution in [0.2, 0.25) is 0 Å². The van der Waals surface area contributed by atoms with Crippen LogP contribution in [0.15, 0.2) is 10.9 Å². The maximum absolute atomic E-state index is 11.5. The summed E-state index contributed by atoms with van der Waals surface area (Å²) in [6, 6.07) is -0.653. The molecule has 0 aromatic carbocycles. The molecule has 0 unspecified atom stereocenters. The molecule has 1 aromatic heterocycles. The molecule has 0 bridgehead atoms. The van der Waals surface area contributed by atoms with Gasteiger partial charge in [-0.1, -0.05) is 0 Å². The van der Waals surface area contributed by atoms with E-state index in [1.165, 1.54) is 18.3 Å². The monoisotopic (exact) mass is 242 g/mol. The molecule has 1 rings (SSSR count). The van der Waals surface area contributed by atoms with Gasteiger partial charge in [0.15, 0.2) is 0 Å². The number of aromatic nitrogens is 1. The minimum absolute atomic E-state index is 0.256. The van der Waals surface area contributed by atoms with Gasteiger partial charge in [0.2, 0.25) is 5.91 Å². The summed E-state index contributed by atoms with van der Waals surface area (Å²) in [5.74, 6) is -0.681. The summed E-state index contributed by atoms with van der Waals surface area (Å²) in [6.45, 7) is 3.39. The molecule has 16 heavy (non-hydrogen) atoms. The van der Waals surface area contributed by atoms with Crippen molar-refractivity contribution in [2.45, 2.75) is 26.3 Å². The third-order valence-electron chi connectivity index (χ3n) is 1.85. The van der Waals surface area contributed by atoms with E-state index >= 15 is 0 Å². The van der Waals surface area contributed by atoms with Crippen LogP contribution in [-0.4, -0.2) is 29.5 Å². The summed E-state index contributed by atoms with van der Waals surface area (Å²) in [6.07, 6.45) is 0.363. The zero-order valence-corrected chi connectivity index (χ0v) is 10.0. The Labute approximate surface area is 97.8 Å². The van der Waals surface area contributed by atoms with Crippen LogP contribution in [0.1, 0.15) is 19.5 Å². The topological polar surface area (TPSA) is 68.3 Å². The van der Waals surface area contributed by atoms with Crippen molar-refractivity contribution in [2.24, 2.45) is 0 Å². The Morgan fingerprint density at radius 1 is 1.62 bits per heavy atom. The molecule has 1 amide bonds. The van der Waals surface area contributed by atoms with Gasteiger partial charge in [0.1, 0.15) is 6.04 Å². The molecule has 0 aliphatic rings. The van der Waals surface area contributed by atoms with E-state index in [-0.39, 0.29) is 5.91 Å². The Hall–Kier alpha value is -1.43. The summed E-state index contributed by atoms with van der Waals surface area (Å²) in [4.78, 5) is 26.6. The van der Waals surface area contributed by atoms with Gasteiger partial charge in [-0.15, -0.1) is 11.3 Å². The minimum atomic E-state index is -0.653. The first-order chi connectivity index (χ1) is 7.63. The molecule has 0 radical (unpaired) electrons. The predicted octanol–water partition coefficient (Wildman–Crippen LogP) is 0.753. The zero-order valence-electron chi connectivity index (χ0n) is 9.23. The summed E-state index contributed by atoms with van der Waals surface area (Å²) < 4.78 is 4.88. The predicted molar refractivity (Wildman–Crippen MR) is 60.1 cm³/mol. The Balaban J connectivity index is 2.63. The van der Waals surface area contributed by atoms with Crippen molar-refractivity contribution in [3.05, 3.63) is 16.6 Å². The van der Waals surface area contributed by atoms with Gasteiger partial charge in [-0.3, -0.25) is 4.79 Å². The number of nitrogens with one attached hydrogen (secondary N) is 1. The maximum Gasteiger partial charge on any atom is 0.329 e. The summed E-state index contributed by atoms with van der Waals surface area (Å²) >= 11 is 1.45. The van der Waals surface area contributed by atoms with Crippen LogP contribution in [-0.2, 0) is 20.7 Å². The number of carbonyl (C=O) groups excluding carboxylic acids is 2. The molecule has 88 valence electrons. The van der Waals surface area contributed by atoms with Crippen molar-refractivity contribution >= 4 is 23.2 Å². The molecule has 0 aliphatic heterocycles.